The van der Waals surface area contributed by atoms with E-state index in [9.17, 15) is 29.6 Å². The summed E-state index contributed by atoms with van der Waals surface area (Å²) < 4.78 is 5.42. The van der Waals surface area contributed by atoms with Gasteiger partial charge in [0.05, 0.1) is 12.5 Å². The number of carbonyl (C=O) groups is 3. The average molecular weight is 552 g/mol. The summed E-state index contributed by atoms with van der Waals surface area (Å²) in [6, 6.07) is 6.70. The van der Waals surface area contributed by atoms with E-state index in [4.69, 9.17) is 4.74 Å². The second-order valence-corrected chi connectivity index (χ2v) is 12.6. The van der Waals surface area contributed by atoms with E-state index in [1.165, 1.54) is 0 Å². The summed E-state index contributed by atoms with van der Waals surface area (Å²) in [5.74, 6) is -0.384. The van der Waals surface area contributed by atoms with E-state index in [0.29, 0.717) is 17.5 Å². The molecule has 1 aromatic rings. The molecule has 0 amide bonds. The Morgan fingerprint density at radius 3 is 2.73 bits per heavy atom. The Morgan fingerprint density at radius 2 is 1.98 bits per heavy atom. The summed E-state index contributed by atoms with van der Waals surface area (Å²) in [6.45, 7) is 5.81. The van der Waals surface area contributed by atoms with Crippen LogP contribution in [0.3, 0.4) is 0 Å². The van der Waals surface area contributed by atoms with E-state index >= 15 is 0 Å². The maximum Gasteiger partial charge on any atom is 0.310 e. The van der Waals surface area contributed by atoms with Crippen molar-refractivity contribution in [1.29, 1.82) is 0 Å². The molecule has 5 rings (SSSR count). The third-order valence-electron chi connectivity index (χ3n) is 10.2. The minimum absolute atomic E-state index is 0.000300. The molecule has 0 aromatic heterocycles. The lowest BCUT2D eigenvalue weighted by atomic mass is 9.46. The number of Topliss-reactive ketones (excluding diaryl/α,β-unsaturated/α-hetero) is 1. The van der Waals surface area contributed by atoms with Gasteiger partial charge in [0.25, 0.3) is 5.09 Å². The molecular formula is C31H37NO8. The minimum Gasteiger partial charge on any atom is -0.457 e. The van der Waals surface area contributed by atoms with Gasteiger partial charge in [-0.15, -0.1) is 10.1 Å². The number of allylic oxidation sites excluding steroid dienone is 4. The van der Waals surface area contributed by atoms with E-state index in [1.807, 2.05) is 6.08 Å². The monoisotopic (exact) mass is 551 g/mol. The fourth-order valence-electron chi connectivity index (χ4n) is 8.79. The predicted molar refractivity (Wildman–Crippen MR) is 144 cm³/mol. The largest absolute Gasteiger partial charge is 0.457 e. The van der Waals surface area contributed by atoms with Crippen LogP contribution < -0.4 is 0 Å². The van der Waals surface area contributed by atoms with Crippen LogP contribution in [0.4, 0.5) is 0 Å². The molecule has 214 valence electrons. The van der Waals surface area contributed by atoms with Crippen LogP contribution in [0.5, 0.6) is 0 Å². The standard InChI is InChI=1S/C31H37NO8/c1-18-11-24-23-8-7-21-14-22(33)9-10-30(21,2)29(23)25(34)15-31(24,3)28(18)26(35)17-39-27(36)13-19-5-4-6-20(12-19)16-40-32(37)38/h4-6,9-10,12,14,18,23-25,28-29,34H,7-8,11,13,15-17H2,1-3H3. The maximum absolute atomic E-state index is 13.6. The summed E-state index contributed by atoms with van der Waals surface area (Å²) in [7, 11) is 0. The lowest BCUT2D eigenvalue weighted by Gasteiger charge is -2.58. The first-order valence-electron chi connectivity index (χ1n) is 14.1. The Balaban J connectivity index is 1.25. The number of esters is 1. The Morgan fingerprint density at radius 1 is 1.23 bits per heavy atom. The minimum atomic E-state index is -0.870. The highest BCUT2D eigenvalue weighted by Gasteiger charge is 2.64. The van der Waals surface area contributed by atoms with Crippen molar-refractivity contribution in [2.24, 2.45) is 40.4 Å². The van der Waals surface area contributed by atoms with E-state index in [2.05, 4.69) is 25.6 Å². The first kappa shape index (κ1) is 28.2. The van der Waals surface area contributed by atoms with Gasteiger partial charge in [0.1, 0.15) is 13.2 Å². The number of ether oxygens (including phenoxy) is 1. The molecular weight excluding hydrogens is 514 g/mol. The Labute approximate surface area is 233 Å². The van der Waals surface area contributed by atoms with Gasteiger partial charge >= 0.3 is 5.97 Å². The van der Waals surface area contributed by atoms with E-state index in [0.717, 1.165) is 24.8 Å². The van der Waals surface area contributed by atoms with Crippen LogP contribution in [0.2, 0.25) is 0 Å². The van der Waals surface area contributed by atoms with Crippen molar-refractivity contribution < 1.29 is 34.2 Å². The van der Waals surface area contributed by atoms with Crippen LogP contribution in [-0.2, 0) is 37.0 Å². The van der Waals surface area contributed by atoms with Gasteiger partial charge in [-0.3, -0.25) is 14.4 Å². The molecule has 0 spiro atoms. The average Bonchev–Trinajstić information content (AvgIpc) is 3.16. The quantitative estimate of drug-likeness (QED) is 0.289. The lowest BCUT2D eigenvalue weighted by molar-refractivity contribution is -0.763. The van der Waals surface area contributed by atoms with Crippen LogP contribution in [0, 0.1) is 50.5 Å². The van der Waals surface area contributed by atoms with E-state index in [-0.39, 0.29) is 66.2 Å². The fourth-order valence-corrected chi connectivity index (χ4v) is 8.79. The van der Waals surface area contributed by atoms with Gasteiger partial charge in [-0.05, 0) is 72.1 Å². The normalized spacial score (nSPS) is 36.1. The molecule has 3 saturated carbocycles. The molecule has 0 bridgehead atoms. The van der Waals surface area contributed by atoms with Crippen LogP contribution in [0.15, 0.2) is 48.1 Å². The smallest absolute Gasteiger partial charge is 0.310 e. The van der Waals surface area contributed by atoms with Gasteiger partial charge in [-0.1, -0.05) is 56.7 Å². The van der Waals surface area contributed by atoms with Gasteiger partial charge in [0.2, 0.25) is 0 Å². The number of rotatable bonds is 8. The molecule has 0 saturated heterocycles. The highest BCUT2D eigenvalue weighted by atomic mass is 16.9. The number of hydrogen-bond donors (Lipinski definition) is 1. The second-order valence-electron chi connectivity index (χ2n) is 12.6. The molecule has 3 fully saturated rings. The van der Waals surface area contributed by atoms with Crippen molar-refractivity contribution in [3.8, 4) is 0 Å². The number of carbonyl (C=O) groups excluding carboxylic acids is 3. The van der Waals surface area contributed by atoms with Crippen LogP contribution in [0.25, 0.3) is 0 Å². The predicted octanol–water partition coefficient (Wildman–Crippen LogP) is 4.19. The summed E-state index contributed by atoms with van der Waals surface area (Å²) in [4.78, 5) is 53.0. The lowest BCUT2D eigenvalue weighted by Crippen LogP contribution is -2.56. The number of aliphatic hydroxyl groups is 1. The summed E-state index contributed by atoms with van der Waals surface area (Å²) >= 11 is 0. The van der Waals surface area contributed by atoms with Crippen LogP contribution >= 0.6 is 0 Å². The van der Waals surface area contributed by atoms with Crippen molar-refractivity contribution in [2.45, 2.75) is 65.6 Å². The molecule has 8 unspecified atom stereocenters. The molecule has 9 heteroatoms. The topological polar surface area (TPSA) is 133 Å². The third kappa shape index (κ3) is 5.00. The SMILES string of the molecule is CC1CC2C3CCC4=CC(=O)C=CC4(C)C3C(O)CC2(C)C1C(=O)COC(=O)Cc1cccc(CO[N+](=O)[O-])c1. The zero-order valence-electron chi connectivity index (χ0n) is 23.2. The number of nitrogens with zero attached hydrogens (tertiary/aromatic N) is 1. The number of ketones is 2. The zero-order chi connectivity index (χ0) is 28.8. The first-order valence-corrected chi connectivity index (χ1v) is 14.1. The van der Waals surface area contributed by atoms with Crippen molar-refractivity contribution >= 4 is 17.5 Å². The molecule has 4 aliphatic carbocycles. The first-order chi connectivity index (χ1) is 18.9. The van der Waals surface area contributed by atoms with Crippen LogP contribution in [0.1, 0.15) is 57.6 Å². The molecule has 0 heterocycles. The maximum atomic E-state index is 13.6. The molecule has 8 atom stereocenters. The van der Waals surface area contributed by atoms with Crippen LogP contribution in [-0.4, -0.2) is 40.4 Å². The zero-order valence-corrected chi connectivity index (χ0v) is 23.2. The summed E-state index contributed by atoms with van der Waals surface area (Å²) in [5, 5.41) is 21.1. The highest BCUT2D eigenvalue weighted by Crippen LogP contribution is 2.67. The van der Waals surface area contributed by atoms with Gasteiger partial charge < -0.3 is 14.7 Å². The van der Waals surface area contributed by atoms with E-state index < -0.39 is 22.6 Å². The van der Waals surface area contributed by atoms with Gasteiger partial charge in [0.15, 0.2) is 11.6 Å². The Kier molecular flexibility index (Phi) is 7.46. The molecule has 0 aliphatic heterocycles. The molecule has 1 N–H and O–H groups in total. The Bertz CT molecular complexity index is 1290. The number of benzene rings is 1. The van der Waals surface area contributed by atoms with Crippen molar-refractivity contribution in [1.82, 2.24) is 0 Å². The second kappa shape index (κ2) is 10.6. The highest BCUT2D eigenvalue weighted by molar-refractivity contribution is 6.01. The van der Waals surface area contributed by atoms with Crippen molar-refractivity contribution in [2.75, 3.05) is 6.61 Å². The van der Waals surface area contributed by atoms with Crippen molar-refractivity contribution in [3.63, 3.8) is 0 Å². The van der Waals surface area contributed by atoms with Gasteiger partial charge in [-0.2, -0.15) is 0 Å². The van der Waals surface area contributed by atoms with Crippen molar-refractivity contribution in [3.05, 3.63) is 69.3 Å². The fraction of sp³-hybridized carbons (Fsp3) is 0.581. The molecule has 9 nitrogen and oxygen atoms in total. The molecule has 1 aromatic carbocycles. The molecule has 0 radical (unpaired) electrons. The Hall–Kier alpha value is -3.33. The summed E-state index contributed by atoms with van der Waals surface area (Å²) in [5.41, 5.74) is 1.51. The summed E-state index contributed by atoms with van der Waals surface area (Å²) in [6.07, 6.45) is 7.77. The molecule has 4 aliphatic rings. The number of fused-ring (bicyclic) bond motifs is 5. The number of aliphatic hydroxyl groups excluding tert-OH is 1. The van der Waals surface area contributed by atoms with Gasteiger partial charge in [0, 0.05) is 17.3 Å². The number of hydrogen-bond acceptors (Lipinski definition) is 8. The van der Waals surface area contributed by atoms with E-state index in [1.54, 1.807) is 36.4 Å². The third-order valence-corrected chi connectivity index (χ3v) is 10.2. The van der Waals surface area contributed by atoms with Gasteiger partial charge in [-0.25, -0.2) is 0 Å². The molecule has 40 heavy (non-hydrogen) atoms.